The lowest BCUT2D eigenvalue weighted by Crippen LogP contribution is -2.42. The summed E-state index contributed by atoms with van der Waals surface area (Å²) < 4.78 is 20.9. The van der Waals surface area contributed by atoms with Gasteiger partial charge in [-0.05, 0) is 42.7 Å². The fourth-order valence-electron chi connectivity index (χ4n) is 3.66. The van der Waals surface area contributed by atoms with Crippen LogP contribution in [0.1, 0.15) is 28.9 Å². The lowest BCUT2D eigenvalue weighted by Gasteiger charge is -2.30. The van der Waals surface area contributed by atoms with Gasteiger partial charge < -0.3 is 19.6 Å². The number of hydrogen-bond acceptors (Lipinski definition) is 3. The first kappa shape index (κ1) is 17.3. The standard InChI is InChI=1S/C20H20FN3O3/c21-16-3-1-2-13(10-16)12-24-17(11-15-6-9-27-20(15)24)19(26)23-7-4-14(5-8-23)18(22)25/h1-3,6,9-11,14H,4-5,7-8,12H2,(H2,22,25). The number of piperidine rings is 1. The number of furan rings is 1. The van der Waals surface area contributed by atoms with Gasteiger partial charge in [-0.25, -0.2) is 4.39 Å². The van der Waals surface area contributed by atoms with E-state index in [4.69, 9.17) is 10.2 Å². The smallest absolute Gasteiger partial charge is 0.270 e. The van der Waals surface area contributed by atoms with Crippen LogP contribution in [-0.4, -0.2) is 34.4 Å². The molecule has 1 aliphatic heterocycles. The second-order valence-corrected chi connectivity index (χ2v) is 6.90. The molecule has 1 saturated heterocycles. The number of amides is 2. The predicted molar refractivity (Wildman–Crippen MR) is 97.5 cm³/mol. The zero-order chi connectivity index (χ0) is 19.0. The van der Waals surface area contributed by atoms with Crippen molar-refractivity contribution in [3.63, 3.8) is 0 Å². The summed E-state index contributed by atoms with van der Waals surface area (Å²) in [5.74, 6) is -0.934. The third-order valence-corrected chi connectivity index (χ3v) is 5.14. The van der Waals surface area contributed by atoms with Gasteiger partial charge in [0.05, 0.1) is 12.8 Å². The first-order chi connectivity index (χ1) is 13.0. The van der Waals surface area contributed by atoms with Gasteiger partial charge in [0.15, 0.2) is 0 Å². The minimum atomic E-state index is -0.322. The van der Waals surface area contributed by atoms with E-state index in [0.29, 0.717) is 43.9 Å². The average Bonchev–Trinajstić information content (AvgIpc) is 3.24. The molecule has 3 heterocycles. The maximum Gasteiger partial charge on any atom is 0.270 e. The molecule has 0 aliphatic carbocycles. The number of carbonyl (C=O) groups is 2. The molecule has 1 fully saturated rings. The fraction of sp³-hybridized carbons (Fsp3) is 0.300. The van der Waals surface area contributed by atoms with E-state index in [-0.39, 0.29) is 23.5 Å². The van der Waals surface area contributed by atoms with Gasteiger partial charge in [-0.1, -0.05) is 12.1 Å². The minimum Gasteiger partial charge on any atom is -0.448 e. The number of nitrogens with zero attached hydrogens (tertiary/aromatic N) is 2. The van der Waals surface area contributed by atoms with Gasteiger partial charge in [-0.2, -0.15) is 0 Å². The molecule has 1 aromatic carbocycles. The van der Waals surface area contributed by atoms with E-state index < -0.39 is 0 Å². The number of aromatic nitrogens is 1. The molecule has 0 radical (unpaired) electrons. The maximum atomic E-state index is 13.6. The van der Waals surface area contributed by atoms with Crippen molar-refractivity contribution < 1.29 is 18.4 Å². The quantitative estimate of drug-likeness (QED) is 0.768. The minimum absolute atomic E-state index is 0.124. The number of hydrogen-bond donors (Lipinski definition) is 1. The van der Waals surface area contributed by atoms with Crippen LogP contribution in [0, 0.1) is 11.7 Å². The highest BCUT2D eigenvalue weighted by Crippen LogP contribution is 2.25. The van der Waals surface area contributed by atoms with Crippen molar-refractivity contribution >= 4 is 22.9 Å². The summed E-state index contributed by atoms with van der Waals surface area (Å²) >= 11 is 0. The summed E-state index contributed by atoms with van der Waals surface area (Å²) in [5, 5.41) is 0.821. The van der Waals surface area contributed by atoms with Crippen molar-refractivity contribution in [3.8, 4) is 0 Å². The predicted octanol–water partition coefficient (Wildman–Crippen LogP) is 2.76. The van der Waals surface area contributed by atoms with Crippen LogP contribution in [0.3, 0.4) is 0 Å². The molecule has 7 heteroatoms. The Kier molecular flexibility index (Phi) is 4.43. The molecule has 0 unspecified atom stereocenters. The van der Waals surface area contributed by atoms with Gasteiger partial charge in [0, 0.05) is 24.4 Å². The van der Waals surface area contributed by atoms with Crippen LogP contribution < -0.4 is 5.73 Å². The van der Waals surface area contributed by atoms with Crippen LogP contribution >= 0.6 is 0 Å². The van der Waals surface area contributed by atoms with Gasteiger partial charge in [0.25, 0.3) is 5.91 Å². The highest BCUT2D eigenvalue weighted by atomic mass is 19.1. The molecule has 0 bridgehead atoms. The van der Waals surface area contributed by atoms with Crippen molar-refractivity contribution in [1.82, 2.24) is 9.47 Å². The van der Waals surface area contributed by atoms with E-state index >= 15 is 0 Å². The maximum absolute atomic E-state index is 13.6. The number of benzene rings is 1. The number of nitrogens with two attached hydrogens (primary N) is 1. The third-order valence-electron chi connectivity index (χ3n) is 5.14. The number of halogens is 1. The molecule has 3 aromatic rings. The summed E-state index contributed by atoms with van der Waals surface area (Å²) in [5.41, 5.74) is 7.18. The van der Waals surface area contributed by atoms with E-state index in [0.717, 1.165) is 10.9 Å². The van der Waals surface area contributed by atoms with Gasteiger partial charge in [-0.3, -0.25) is 9.59 Å². The average molecular weight is 369 g/mol. The van der Waals surface area contributed by atoms with Crippen LogP contribution in [0.4, 0.5) is 4.39 Å². The number of fused-ring (bicyclic) bond motifs is 1. The summed E-state index contributed by atoms with van der Waals surface area (Å²) in [4.78, 5) is 26.2. The Labute approximate surface area is 155 Å². The van der Waals surface area contributed by atoms with Crippen molar-refractivity contribution in [2.45, 2.75) is 19.4 Å². The number of carbonyl (C=O) groups excluding carboxylic acids is 2. The number of primary amides is 1. The van der Waals surface area contributed by atoms with Crippen LogP contribution in [0.25, 0.3) is 11.1 Å². The topological polar surface area (TPSA) is 81.5 Å². The van der Waals surface area contributed by atoms with Crippen LogP contribution in [0.5, 0.6) is 0 Å². The monoisotopic (exact) mass is 369 g/mol. The molecular weight excluding hydrogens is 349 g/mol. The van der Waals surface area contributed by atoms with Crippen LogP contribution in [-0.2, 0) is 11.3 Å². The fourth-order valence-corrected chi connectivity index (χ4v) is 3.66. The van der Waals surface area contributed by atoms with Crippen molar-refractivity contribution in [1.29, 1.82) is 0 Å². The number of rotatable bonds is 4. The highest BCUT2D eigenvalue weighted by molar-refractivity contribution is 5.98. The van der Waals surface area contributed by atoms with Crippen molar-refractivity contribution in [2.24, 2.45) is 11.7 Å². The molecule has 140 valence electrons. The second kappa shape index (κ2) is 6.90. The van der Waals surface area contributed by atoms with E-state index in [9.17, 15) is 14.0 Å². The van der Waals surface area contributed by atoms with Crippen LogP contribution in [0.2, 0.25) is 0 Å². The molecule has 2 aromatic heterocycles. The first-order valence-corrected chi connectivity index (χ1v) is 8.92. The van der Waals surface area contributed by atoms with Crippen LogP contribution in [0.15, 0.2) is 47.1 Å². The normalized spacial score (nSPS) is 15.4. The zero-order valence-corrected chi connectivity index (χ0v) is 14.7. The molecule has 0 atom stereocenters. The van der Waals surface area contributed by atoms with E-state index in [2.05, 4.69) is 0 Å². The molecule has 2 amide bonds. The Morgan fingerprint density at radius 2 is 1.96 bits per heavy atom. The third kappa shape index (κ3) is 3.32. The molecule has 1 aliphatic rings. The Balaban J connectivity index is 1.63. The van der Waals surface area contributed by atoms with Gasteiger partial charge in [0.2, 0.25) is 11.6 Å². The van der Waals surface area contributed by atoms with E-state index in [1.54, 1.807) is 33.9 Å². The molecule has 0 spiro atoms. The summed E-state index contributed by atoms with van der Waals surface area (Å²) in [6.45, 7) is 1.30. The largest absolute Gasteiger partial charge is 0.448 e. The second-order valence-electron chi connectivity index (χ2n) is 6.90. The van der Waals surface area contributed by atoms with E-state index in [1.165, 1.54) is 12.1 Å². The van der Waals surface area contributed by atoms with Crippen molar-refractivity contribution in [3.05, 3.63) is 59.7 Å². The molecule has 0 saturated carbocycles. The Hall–Kier alpha value is -3.09. The van der Waals surface area contributed by atoms with Gasteiger partial charge in [-0.15, -0.1) is 0 Å². The van der Waals surface area contributed by atoms with Crippen molar-refractivity contribution in [2.75, 3.05) is 13.1 Å². The Morgan fingerprint density at radius 3 is 2.67 bits per heavy atom. The lowest BCUT2D eigenvalue weighted by atomic mass is 9.96. The summed E-state index contributed by atoms with van der Waals surface area (Å²) in [7, 11) is 0. The number of likely N-dealkylation sites (tertiary alicyclic amines) is 1. The Bertz CT molecular complexity index is 999. The zero-order valence-electron chi connectivity index (χ0n) is 14.7. The molecule has 2 N–H and O–H groups in total. The SMILES string of the molecule is NC(=O)C1CCN(C(=O)c2cc3ccoc3n2Cc2cccc(F)c2)CC1. The Morgan fingerprint density at radius 1 is 1.19 bits per heavy atom. The lowest BCUT2D eigenvalue weighted by molar-refractivity contribution is -0.123. The summed E-state index contributed by atoms with van der Waals surface area (Å²) in [6, 6.07) is 9.88. The molecule has 27 heavy (non-hydrogen) atoms. The van der Waals surface area contributed by atoms with Gasteiger partial charge in [0.1, 0.15) is 11.5 Å². The molecule has 4 rings (SSSR count). The van der Waals surface area contributed by atoms with E-state index in [1.807, 2.05) is 6.07 Å². The van der Waals surface area contributed by atoms with Gasteiger partial charge >= 0.3 is 0 Å². The summed E-state index contributed by atoms with van der Waals surface area (Å²) in [6.07, 6.45) is 2.71. The molecule has 6 nitrogen and oxygen atoms in total. The molecular formula is C20H20FN3O3. The highest BCUT2D eigenvalue weighted by Gasteiger charge is 2.29. The first-order valence-electron chi connectivity index (χ1n) is 8.92.